The van der Waals surface area contributed by atoms with Gasteiger partial charge in [0, 0.05) is 24.8 Å². The van der Waals surface area contributed by atoms with Gasteiger partial charge < -0.3 is 14.3 Å². The summed E-state index contributed by atoms with van der Waals surface area (Å²) in [6.07, 6.45) is 1.68. The minimum absolute atomic E-state index is 0.0339. The Kier molecular flexibility index (Phi) is 4.55. The lowest BCUT2D eigenvalue weighted by Gasteiger charge is -2.31. The quantitative estimate of drug-likeness (QED) is 0.733. The van der Waals surface area contributed by atoms with Crippen LogP contribution in [0.1, 0.15) is 27.9 Å². The van der Waals surface area contributed by atoms with E-state index in [0.29, 0.717) is 24.5 Å². The van der Waals surface area contributed by atoms with E-state index in [0.717, 1.165) is 24.5 Å². The number of carboxylic acids is 1. The molecule has 0 amide bonds. The van der Waals surface area contributed by atoms with Crippen molar-refractivity contribution >= 4 is 5.97 Å². The van der Waals surface area contributed by atoms with Crippen LogP contribution in [0.15, 0.2) is 53.1 Å². The zero-order chi connectivity index (χ0) is 17.9. The highest BCUT2D eigenvalue weighted by Crippen LogP contribution is 2.27. The normalized spacial score (nSPS) is 18.1. The molecule has 1 fully saturated rings. The highest BCUT2D eigenvalue weighted by molar-refractivity contribution is 5.95. The number of furan rings is 1. The van der Waals surface area contributed by atoms with Crippen LogP contribution >= 0.6 is 0 Å². The highest BCUT2D eigenvalue weighted by atomic mass is 16.5. The molecule has 134 valence electrons. The highest BCUT2D eigenvalue weighted by Gasteiger charge is 2.24. The summed E-state index contributed by atoms with van der Waals surface area (Å²) in [5.74, 6) is 0.399. The van der Waals surface area contributed by atoms with E-state index < -0.39 is 5.97 Å². The molecular weight excluding hydrogens is 334 g/mol. The largest absolute Gasteiger partial charge is 0.478 e. The summed E-state index contributed by atoms with van der Waals surface area (Å²) in [7, 11) is 0. The van der Waals surface area contributed by atoms with Crippen molar-refractivity contribution in [2.45, 2.75) is 12.6 Å². The van der Waals surface area contributed by atoms with Crippen molar-refractivity contribution in [1.82, 2.24) is 15.1 Å². The van der Waals surface area contributed by atoms with Crippen molar-refractivity contribution in [3.8, 4) is 11.3 Å². The van der Waals surface area contributed by atoms with E-state index in [-0.39, 0.29) is 11.7 Å². The van der Waals surface area contributed by atoms with Crippen LogP contribution in [0.3, 0.4) is 0 Å². The predicted octanol–water partition coefficient (Wildman–Crippen LogP) is 2.94. The Labute approximate surface area is 150 Å². The maximum atomic E-state index is 11.4. The molecule has 3 aromatic rings. The number of rotatable bonds is 5. The van der Waals surface area contributed by atoms with E-state index in [1.54, 1.807) is 30.5 Å². The molecule has 0 bridgehead atoms. The van der Waals surface area contributed by atoms with E-state index in [2.05, 4.69) is 15.1 Å². The number of hydrogen-bond acceptors (Lipinski definition) is 5. The maximum absolute atomic E-state index is 11.4. The molecule has 0 spiro atoms. The number of nitrogens with zero attached hydrogens (tertiary/aromatic N) is 2. The predicted molar refractivity (Wildman–Crippen MR) is 93.7 cm³/mol. The molecule has 1 aliphatic heterocycles. The third-order valence-electron chi connectivity index (χ3n) is 4.48. The molecule has 26 heavy (non-hydrogen) atoms. The monoisotopic (exact) mass is 353 g/mol. The number of morpholine rings is 1. The first-order valence-corrected chi connectivity index (χ1v) is 8.45. The number of aromatic amines is 1. The van der Waals surface area contributed by atoms with Crippen LogP contribution in [0.25, 0.3) is 11.3 Å². The standard InChI is InChI=1S/C19H19N3O4/c23-19(24)15-4-2-1-3-14(15)17-6-5-13(26-17)11-22-9-10-25-18(12-22)16-7-8-20-21-16/h1-8,18H,9-12H2,(H,20,21)(H,23,24). The average molecular weight is 353 g/mol. The van der Waals surface area contributed by atoms with Gasteiger partial charge in [0.05, 0.1) is 24.4 Å². The van der Waals surface area contributed by atoms with E-state index in [1.807, 2.05) is 18.2 Å². The molecule has 1 saturated heterocycles. The molecule has 1 aliphatic rings. The minimum atomic E-state index is -0.964. The number of nitrogens with one attached hydrogen (secondary N) is 1. The second-order valence-electron chi connectivity index (χ2n) is 6.22. The van der Waals surface area contributed by atoms with E-state index in [9.17, 15) is 9.90 Å². The summed E-state index contributed by atoms with van der Waals surface area (Å²) in [6.45, 7) is 2.83. The first-order chi connectivity index (χ1) is 12.7. The van der Waals surface area contributed by atoms with Gasteiger partial charge in [-0.1, -0.05) is 18.2 Å². The van der Waals surface area contributed by atoms with Crippen LogP contribution in [0.5, 0.6) is 0 Å². The van der Waals surface area contributed by atoms with Gasteiger partial charge in [0.2, 0.25) is 0 Å². The molecule has 1 aromatic carbocycles. The summed E-state index contributed by atoms with van der Waals surface area (Å²) in [4.78, 5) is 13.6. The van der Waals surface area contributed by atoms with Crippen molar-refractivity contribution in [3.63, 3.8) is 0 Å². The smallest absolute Gasteiger partial charge is 0.336 e. The van der Waals surface area contributed by atoms with Gasteiger partial charge in [0.1, 0.15) is 17.6 Å². The third kappa shape index (κ3) is 3.40. The summed E-state index contributed by atoms with van der Waals surface area (Å²) < 4.78 is 11.7. The maximum Gasteiger partial charge on any atom is 0.336 e. The van der Waals surface area contributed by atoms with Gasteiger partial charge in [-0.15, -0.1) is 0 Å². The fraction of sp³-hybridized carbons (Fsp3) is 0.263. The summed E-state index contributed by atoms with van der Waals surface area (Å²) in [5, 5.41) is 16.3. The summed E-state index contributed by atoms with van der Waals surface area (Å²) in [6, 6.07) is 12.5. The Morgan fingerprint density at radius 1 is 1.27 bits per heavy atom. The van der Waals surface area contributed by atoms with Gasteiger partial charge in [0.25, 0.3) is 0 Å². The van der Waals surface area contributed by atoms with Crippen LogP contribution in [-0.4, -0.2) is 45.9 Å². The Hall–Kier alpha value is -2.90. The SMILES string of the molecule is O=C(O)c1ccccc1-c1ccc(CN2CCOC(c3ccn[nH]3)C2)o1. The van der Waals surface area contributed by atoms with Crippen LogP contribution in [0.4, 0.5) is 0 Å². The van der Waals surface area contributed by atoms with Crippen molar-refractivity contribution in [3.05, 3.63) is 65.7 Å². The number of carbonyl (C=O) groups is 1. The molecule has 4 rings (SSSR count). The Morgan fingerprint density at radius 3 is 2.96 bits per heavy atom. The molecule has 1 unspecified atom stereocenters. The van der Waals surface area contributed by atoms with Gasteiger partial charge in [-0.05, 0) is 24.3 Å². The fourth-order valence-electron chi connectivity index (χ4n) is 3.19. The van der Waals surface area contributed by atoms with Crippen molar-refractivity contribution in [2.75, 3.05) is 19.7 Å². The number of ether oxygens (including phenoxy) is 1. The van der Waals surface area contributed by atoms with Gasteiger partial charge >= 0.3 is 5.97 Å². The molecule has 7 nitrogen and oxygen atoms in total. The number of benzene rings is 1. The molecule has 0 aliphatic carbocycles. The lowest BCUT2D eigenvalue weighted by Crippen LogP contribution is -2.37. The van der Waals surface area contributed by atoms with E-state index in [1.165, 1.54) is 0 Å². The average Bonchev–Trinajstić information content (AvgIpc) is 3.34. The number of aromatic nitrogens is 2. The Balaban J connectivity index is 1.48. The molecule has 3 heterocycles. The van der Waals surface area contributed by atoms with E-state index >= 15 is 0 Å². The molecule has 2 N–H and O–H groups in total. The molecule has 2 aromatic heterocycles. The molecular formula is C19H19N3O4. The number of hydrogen-bond donors (Lipinski definition) is 2. The third-order valence-corrected chi connectivity index (χ3v) is 4.48. The molecule has 7 heteroatoms. The van der Waals surface area contributed by atoms with E-state index in [4.69, 9.17) is 9.15 Å². The lowest BCUT2D eigenvalue weighted by atomic mass is 10.1. The second kappa shape index (κ2) is 7.15. The molecule has 0 radical (unpaired) electrons. The Bertz CT molecular complexity index is 888. The number of aromatic carboxylic acids is 1. The molecule has 0 saturated carbocycles. The first kappa shape index (κ1) is 16.6. The van der Waals surface area contributed by atoms with Gasteiger partial charge in [0.15, 0.2) is 0 Å². The van der Waals surface area contributed by atoms with Crippen LogP contribution in [-0.2, 0) is 11.3 Å². The number of carboxylic acid groups (broad SMARTS) is 1. The number of H-pyrrole nitrogens is 1. The van der Waals surface area contributed by atoms with Crippen molar-refractivity contribution < 1.29 is 19.1 Å². The van der Waals surface area contributed by atoms with Crippen molar-refractivity contribution in [2.24, 2.45) is 0 Å². The summed E-state index contributed by atoms with van der Waals surface area (Å²) in [5.41, 5.74) is 1.79. The minimum Gasteiger partial charge on any atom is -0.478 e. The first-order valence-electron chi connectivity index (χ1n) is 8.45. The fourth-order valence-corrected chi connectivity index (χ4v) is 3.19. The van der Waals surface area contributed by atoms with Crippen LogP contribution in [0, 0.1) is 0 Å². The summed E-state index contributed by atoms with van der Waals surface area (Å²) >= 11 is 0. The van der Waals surface area contributed by atoms with Gasteiger partial charge in [-0.2, -0.15) is 5.10 Å². The second-order valence-corrected chi connectivity index (χ2v) is 6.22. The van der Waals surface area contributed by atoms with Crippen LogP contribution in [0.2, 0.25) is 0 Å². The molecule has 1 atom stereocenters. The topological polar surface area (TPSA) is 91.6 Å². The zero-order valence-electron chi connectivity index (χ0n) is 14.1. The van der Waals surface area contributed by atoms with Crippen molar-refractivity contribution in [1.29, 1.82) is 0 Å². The zero-order valence-corrected chi connectivity index (χ0v) is 14.1. The van der Waals surface area contributed by atoms with Gasteiger partial charge in [-0.25, -0.2) is 4.79 Å². The van der Waals surface area contributed by atoms with Crippen LogP contribution < -0.4 is 0 Å². The van der Waals surface area contributed by atoms with Gasteiger partial charge in [-0.3, -0.25) is 10.00 Å². The Morgan fingerprint density at radius 2 is 2.15 bits per heavy atom. The lowest BCUT2D eigenvalue weighted by molar-refractivity contribution is -0.0366.